The summed E-state index contributed by atoms with van der Waals surface area (Å²) in [5, 5.41) is 3.14. The van der Waals surface area contributed by atoms with Crippen molar-refractivity contribution in [2.45, 2.75) is 18.7 Å². The van der Waals surface area contributed by atoms with Gasteiger partial charge in [0.1, 0.15) is 10.7 Å². The lowest BCUT2D eigenvalue weighted by atomic mass is 10.3. The highest BCUT2D eigenvalue weighted by Crippen LogP contribution is 2.20. The molecule has 1 saturated heterocycles. The molecule has 16 heavy (non-hydrogen) atoms. The van der Waals surface area contributed by atoms with Crippen molar-refractivity contribution in [2.75, 3.05) is 18.8 Å². The first kappa shape index (κ1) is 11.9. The first-order chi connectivity index (χ1) is 7.70. The van der Waals surface area contributed by atoms with E-state index < -0.39 is 0 Å². The van der Waals surface area contributed by atoms with Crippen LogP contribution in [0.15, 0.2) is 5.38 Å². The van der Waals surface area contributed by atoms with E-state index in [4.69, 9.17) is 5.73 Å². The van der Waals surface area contributed by atoms with Crippen LogP contribution in [0.25, 0.3) is 0 Å². The van der Waals surface area contributed by atoms with Crippen LogP contribution in [0.2, 0.25) is 0 Å². The van der Waals surface area contributed by atoms with E-state index >= 15 is 0 Å². The van der Waals surface area contributed by atoms with Gasteiger partial charge in [-0.05, 0) is 0 Å². The van der Waals surface area contributed by atoms with Gasteiger partial charge in [0.25, 0.3) is 5.91 Å². The van der Waals surface area contributed by atoms with Crippen molar-refractivity contribution in [3.8, 4) is 0 Å². The maximum atomic E-state index is 12.1. The number of thioether (sulfide) groups is 1. The smallest absolute Gasteiger partial charge is 0.273 e. The Morgan fingerprint density at radius 3 is 3.19 bits per heavy atom. The summed E-state index contributed by atoms with van der Waals surface area (Å²) in [7, 11) is 0. The fraction of sp³-hybridized carbons (Fsp3) is 0.600. The summed E-state index contributed by atoms with van der Waals surface area (Å²) in [6, 6.07) is 0. The Morgan fingerprint density at radius 1 is 1.75 bits per heavy atom. The first-order valence-electron chi connectivity index (χ1n) is 5.26. The van der Waals surface area contributed by atoms with Gasteiger partial charge in [-0.15, -0.1) is 11.3 Å². The third-order valence-corrected chi connectivity index (χ3v) is 4.48. The predicted octanol–water partition coefficient (Wildman–Crippen LogP) is 1.18. The van der Waals surface area contributed by atoms with E-state index in [-0.39, 0.29) is 5.91 Å². The number of rotatable bonds is 2. The van der Waals surface area contributed by atoms with Gasteiger partial charge in [0.2, 0.25) is 0 Å². The van der Waals surface area contributed by atoms with E-state index in [2.05, 4.69) is 11.9 Å². The number of nitrogens with two attached hydrogens (primary N) is 1. The van der Waals surface area contributed by atoms with E-state index in [0.29, 0.717) is 17.5 Å². The molecular formula is C10H15N3OS2. The fourth-order valence-corrected chi connectivity index (χ4v) is 3.33. The van der Waals surface area contributed by atoms with Crippen molar-refractivity contribution >= 4 is 29.0 Å². The molecule has 2 heterocycles. The second-order valence-electron chi connectivity index (χ2n) is 3.76. The van der Waals surface area contributed by atoms with E-state index in [1.165, 1.54) is 11.3 Å². The lowest BCUT2D eigenvalue weighted by molar-refractivity contribution is 0.0758. The molecule has 1 aromatic rings. The minimum absolute atomic E-state index is 0.0445. The van der Waals surface area contributed by atoms with Crippen molar-refractivity contribution in [1.82, 2.24) is 9.88 Å². The van der Waals surface area contributed by atoms with Crippen LogP contribution in [0.5, 0.6) is 0 Å². The number of hydrogen-bond donors (Lipinski definition) is 1. The Balaban J connectivity index is 2.06. The lowest BCUT2D eigenvalue weighted by Gasteiger charge is -2.29. The van der Waals surface area contributed by atoms with Crippen LogP contribution in [0, 0.1) is 0 Å². The minimum atomic E-state index is 0.0445. The molecule has 0 radical (unpaired) electrons. The molecule has 0 aliphatic carbocycles. The summed E-state index contributed by atoms with van der Waals surface area (Å²) < 4.78 is 0. The van der Waals surface area contributed by atoms with Crippen LogP contribution >= 0.6 is 23.1 Å². The number of hydrogen-bond acceptors (Lipinski definition) is 5. The zero-order valence-corrected chi connectivity index (χ0v) is 10.8. The fourth-order valence-electron chi connectivity index (χ4n) is 1.67. The second kappa shape index (κ2) is 5.16. The number of carbonyl (C=O) groups excluding carboxylic acids is 1. The van der Waals surface area contributed by atoms with E-state index in [0.717, 1.165) is 23.8 Å². The molecule has 1 aromatic heterocycles. The molecule has 2 rings (SSSR count). The quantitative estimate of drug-likeness (QED) is 0.864. The van der Waals surface area contributed by atoms with Gasteiger partial charge < -0.3 is 10.6 Å². The number of carbonyl (C=O) groups is 1. The molecule has 2 N–H and O–H groups in total. The van der Waals surface area contributed by atoms with Crippen LogP contribution in [0.4, 0.5) is 0 Å². The van der Waals surface area contributed by atoms with Crippen LogP contribution in [0.3, 0.4) is 0 Å². The predicted molar refractivity (Wildman–Crippen MR) is 67.8 cm³/mol. The standard InChI is InChI=1S/C10H15N3OS2/c1-7-5-13(2-3-15-7)10(14)8-6-16-9(4-11)12-8/h6-7H,2-5,11H2,1H3. The van der Waals surface area contributed by atoms with E-state index in [9.17, 15) is 4.79 Å². The van der Waals surface area contributed by atoms with Gasteiger partial charge in [0.05, 0.1) is 0 Å². The topological polar surface area (TPSA) is 59.2 Å². The molecule has 0 bridgehead atoms. The highest BCUT2D eigenvalue weighted by Gasteiger charge is 2.23. The van der Waals surface area contributed by atoms with Gasteiger partial charge in [0.15, 0.2) is 0 Å². The van der Waals surface area contributed by atoms with E-state index in [1.807, 2.05) is 16.7 Å². The Kier molecular flexibility index (Phi) is 3.83. The van der Waals surface area contributed by atoms with Crippen molar-refractivity contribution in [3.05, 3.63) is 16.1 Å². The Labute approximate surface area is 103 Å². The summed E-state index contributed by atoms with van der Waals surface area (Å²) in [5.74, 6) is 1.06. The third kappa shape index (κ3) is 2.56. The molecule has 1 aliphatic rings. The van der Waals surface area contributed by atoms with Crippen LogP contribution in [-0.2, 0) is 6.54 Å². The molecule has 1 unspecified atom stereocenters. The van der Waals surface area contributed by atoms with E-state index in [1.54, 1.807) is 5.38 Å². The highest BCUT2D eigenvalue weighted by atomic mass is 32.2. The second-order valence-corrected chi connectivity index (χ2v) is 6.25. The normalized spacial score (nSPS) is 21.1. The van der Waals surface area contributed by atoms with Crippen molar-refractivity contribution in [1.29, 1.82) is 0 Å². The Morgan fingerprint density at radius 2 is 2.56 bits per heavy atom. The monoisotopic (exact) mass is 257 g/mol. The molecule has 0 saturated carbocycles. The molecule has 1 fully saturated rings. The van der Waals surface area contributed by atoms with Crippen LogP contribution < -0.4 is 5.73 Å². The summed E-state index contributed by atoms with van der Waals surface area (Å²) >= 11 is 3.37. The molecule has 88 valence electrons. The zero-order valence-electron chi connectivity index (χ0n) is 9.18. The van der Waals surface area contributed by atoms with Crippen LogP contribution in [-0.4, -0.2) is 39.9 Å². The molecule has 0 spiro atoms. The van der Waals surface area contributed by atoms with Crippen molar-refractivity contribution in [2.24, 2.45) is 5.73 Å². The number of nitrogens with zero attached hydrogens (tertiary/aromatic N) is 2. The van der Waals surface area contributed by atoms with Gasteiger partial charge in [-0.1, -0.05) is 6.92 Å². The summed E-state index contributed by atoms with van der Waals surface area (Å²) in [6.07, 6.45) is 0. The number of thiazole rings is 1. The molecular weight excluding hydrogens is 242 g/mol. The maximum Gasteiger partial charge on any atom is 0.273 e. The molecule has 1 aliphatic heterocycles. The first-order valence-corrected chi connectivity index (χ1v) is 7.19. The van der Waals surface area contributed by atoms with Crippen molar-refractivity contribution < 1.29 is 4.79 Å². The van der Waals surface area contributed by atoms with Crippen LogP contribution in [0.1, 0.15) is 22.4 Å². The maximum absolute atomic E-state index is 12.1. The molecule has 4 nitrogen and oxygen atoms in total. The lowest BCUT2D eigenvalue weighted by Crippen LogP contribution is -2.41. The molecule has 1 atom stereocenters. The largest absolute Gasteiger partial charge is 0.335 e. The minimum Gasteiger partial charge on any atom is -0.335 e. The van der Waals surface area contributed by atoms with Gasteiger partial charge in [-0.2, -0.15) is 11.8 Å². The number of amides is 1. The molecule has 0 aromatic carbocycles. The average Bonchev–Trinajstić information content (AvgIpc) is 2.76. The SMILES string of the molecule is CC1CN(C(=O)c2csc(CN)n2)CCS1. The zero-order chi connectivity index (χ0) is 11.5. The molecule has 1 amide bonds. The van der Waals surface area contributed by atoms with Gasteiger partial charge in [-0.25, -0.2) is 4.98 Å². The van der Waals surface area contributed by atoms with Gasteiger partial charge in [0, 0.05) is 36.0 Å². The summed E-state index contributed by atoms with van der Waals surface area (Å²) in [6.45, 7) is 4.20. The van der Waals surface area contributed by atoms with Gasteiger partial charge >= 0.3 is 0 Å². The third-order valence-electron chi connectivity index (χ3n) is 2.47. The Hall–Kier alpha value is -0.590. The summed E-state index contributed by atoms with van der Waals surface area (Å²) in [4.78, 5) is 18.2. The van der Waals surface area contributed by atoms with Crippen molar-refractivity contribution in [3.63, 3.8) is 0 Å². The van der Waals surface area contributed by atoms with Gasteiger partial charge in [-0.3, -0.25) is 4.79 Å². The average molecular weight is 257 g/mol. The Bertz CT molecular complexity index is 380. The highest BCUT2D eigenvalue weighted by molar-refractivity contribution is 7.99. The molecule has 6 heteroatoms. The number of aromatic nitrogens is 1. The summed E-state index contributed by atoms with van der Waals surface area (Å²) in [5.41, 5.74) is 6.03.